The van der Waals surface area contributed by atoms with Gasteiger partial charge in [0.25, 0.3) is 0 Å². The van der Waals surface area contributed by atoms with Crippen molar-refractivity contribution >= 4 is 41.7 Å². The van der Waals surface area contributed by atoms with E-state index >= 15 is 0 Å². The third kappa shape index (κ3) is 9.39. The summed E-state index contributed by atoms with van der Waals surface area (Å²) in [4.78, 5) is 5.51. The van der Waals surface area contributed by atoms with Crippen LogP contribution < -0.4 is 10.6 Å². The number of methoxy groups -OCH3 is 1. The quantitative estimate of drug-likeness (QED) is 0.198. The first-order valence-corrected chi connectivity index (χ1v) is 8.58. The summed E-state index contributed by atoms with van der Waals surface area (Å²) in [5.41, 5.74) is 2.56. The molecule has 0 bridgehead atoms. The number of thioether (sulfide) groups is 1. The highest BCUT2D eigenvalue weighted by atomic mass is 127. The van der Waals surface area contributed by atoms with Gasteiger partial charge >= 0.3 is 0 Å². The zero-order valence-corrected chi connectivity index (χ0v) is 17.5. The van der Waals surface area contributed by atoms with Crippen LogP contribution in [-0.2, 0) is 16.0 Å². The first-order chi connectivity index (χ1) is 10.7. The molecule has 0 heterocycles. The van der Waals surface area contributed by atoms with Gasteiger partial charge in [0, 0.05) is 32.1 Å². The van der Waals surface area contributed by atoms with Crippen LogP contribution >= 0.6 is 35.7 Å². The van der Waals surface area contributed by atoms with Gasteiger partial charge in [-0.15, -0.1) is 35.7 Å². The number of benzene rings is 1. The normalized spacial score (nSPS) is 11.0. The molecule has 0 spiro atoms. The minimum Gasteiger partial charge on any atom is -0.382 e. The molecule has 0 aromatic heterocycles. The molecular weight excluding hydrogens is 425 g/mol. The summed E-state index contributed by atoms with van der Waals surface area (Å²) in [5, 5.41) is 6.56. The van der Waals surface area contributed by atoms with E-state index in [1.54, 1.807) is 25.9 Å². The number of nitrogens with one attached hydrogen (secondary N) is 2. The van der Waals surface area contributed by atoms with Crippen molar-refractivity contribution in [1.29, 1.82) is 0 Å². The molecule has 0 amide bonds. The molecule has 132 valence electrons. The van der Waals surface area contributed by atoms with Gasteiger partial charge in [0.2, 0.25) is 0 Å². The lowest BCUT2D eigenvalue weighted by atomic mass is 10.1. The van der Waals surface area contributed by atoms with Gasteiger partial charge < -0.3 is 20.1 Å². The standard InChI is InChI=1S/C16H27N3O2S.HI/c1-13-5-6-14(15(11-13)22-4)12-19-16(17-2)18-7-8-21-10-9-20-3;/h5-6,11H,7-10,12H2,1-4H3,(H2,17,18,19);1H. The van der Waals surface area contributed by atoms with Crippen molar-refractivity contribution in [3.8, 4) is 0 Å². The average Bonchev–Trinajstić information content (AvgIpc) is 2.54. The second-order valence-corrected chi connectivity index (χ2v) is 5.62. The molecule has 0 atom stereocenters. The number of hydrogen-bond acceptors (Lipinski definition) is 4. The van der Waals surface area contributed by atoms with Gasteiger partial charge in [0.15, 0.2) is 5.96 Å². The molecule has 0 aliphatic heterocycles. The van der Waals surface area contributed by atoms with Crippen LogP contribution in [0.4, 0.5) is 0 Å². The molecule has 1 aromatic rings. The van der Waals surface area contributed by atoms with Crippen molar-refractivity contribution in [1.82, 2.24) is 10.6 Å². The molecule has 0 fully saturated rings. The Balaban J connectivity index is 0.00000484. The third-order valence-corrected chi connectivity index (χ3v) is 3.90. The van der Waals surface area contributed by atoms with E-state index in [-0.39, 0.29) is 24.0 Å². The van der Waals surface area contributed by atoms with Gasteiger partial charge in [-0.1, -0.05) is 12.1 Å². The van der Waals surface area contributed by atoms with Crippen molar-refractivity contribution in [2.24, 2.45) is 4.99 Å². The predicted molar refractivity (Wildman–Crippen MR) is 109 cm³/mol. The van der Waals surface area contributed by atoms with Gasteiger partial charge in [-0.3, -0.25) is 4.99 Å². The SMILES string of the molecule is CN=C(NCCOCCOC)NCc1ccc(C)cc1SC.I. The molecule has 2 N–H and O–H groups in total. The monoisotopic (exact) mass is 453 g/mol. The van der Waals surface area contributed by atoms with E-state index in [1.165, 1.54) is 16.0 Å². The summed E-state index contributed by atoms with van der Waals surface area (Å²) in [6.45, 7) is 5.45. The van der Waals surface area contributed by atoms with E-state index in [4.69, 9.17) is 9.47 Å². The summed E-state index contributed by atoms with van der Waals surface area (Å²) in [7, 11) is 3.44. The fraction of sp³-hybridized carbons (Fsp3) is 0.562. The van der Waals surface area contributed by atoms with E-state index in [0.717, 1.165) is 12.5 Å². The number of nitrogens with zero attached hydrogens (tertiary/aromatic N) is 1. The third-order valence-electron chi connectivity index (χ3n) is 3.08. The van der Waals surface area contributed by atoms with Gasteiger partial charge in [-0.05, 0) is 30.4 Å². The summed E-state index contributed by atoms with van der Waals surface area (Å²) in [5.74, 6) is 0.781. The van der Waals surface area contributed by atoms with E-state index in [2.05, 4.69) is 47.0 Å². The Morgan fingerprint density at radius 1 is 1.22 bits per heavy atom. The van der Waals surface area contributed by atoms with Crippen molar-refractivity contribution < 1.29 is 9.47 Å². The van der Waals surface area contributed by atoms with E-state index in [9.17, 15) is 0 Å². The Bertz CT molecular complexity index is 473. The molecule has 1 rings (SSSR count). The van der Waals surface area contributed by atoms with Crippen LogP contribution in [0.15, 0.2) is 28.1 Å². The maximum absolute atomic E-state index is 5.41. The number of ether oxygens (including phenoxy) is 2. The van der Waals surface area contributed by atoms with E-state index in [1.807, 2.05) is 0 Å². The molecule has 5 nitrogen and oxygen atoms in total. The number of hydrogen-bond donors (Lipinski definition) is 2. The highest BCUT2D eigenvalue weighted by Crippen LogP contribution is 2.21. The first-order valence-electron chi connectivity index (χ1n) is 7.36. The van der Waals surface area contributed by atoms with Crippen LogP contribution in [0.5, 0.6) is 0 Å². The van der Waals surface area contributed by atoms with Crippen LogP contribution in [0.3, 0.4) is 0 Å². The number of aryl methyl sites for hydroxylation is 1. The maximum atomic E-state index is 5.41. The molecule has 1 aromatic carbocycles. The van der Waals surface area contributed by atoms with Crippen molar-refractivity contribution in [3.63, 3.8) is 0 Å². The molecule has 23 heavy (non-hydrogen) atoms. The molecule has 0 saturated carbocycles. The van der Waals surface area contributed by atoms with Crippen LogP contribution in [0.1, 0.15) is 11.1 Å². The topological polar surface area (TPSA) is 54.9 Å². The second kappa shape index (κ2) is 13.9. The van der Waals surface area contributed by atoms with Crippen LogP contribution in [0.25, 0.3) is 0 Å². The zero-order valence-electron chi connectivity index (χ0n) is 14.3. The zero-order chi connectivity index (χ0) is 16.2. The Morgan fingerprint density at radius 2 is 2.00 bits per heavy atom. The number of aliphatic imine (C=N–C) groups is 1. The number of guanidine groups is 1. The van der Waals surface area contributed by atoms with E-state index < -0.39 is 0 Å². The number of rotatable bonds is 9. The fourth-order valence-electron chi connectivity index (χ4n) is 1.88. The molecule has 0 aliphatic rings. The number of halogens is 1. The molecule has 0 aliphatic carbocycles. The smallest absolute Gasteiger partial charge is 0.191 e. The maximum Gasteiger partial charge on any atom is 0.191 e. The van der Waals surface area contributed by atoms with Crippen LogP contribution in [0.2, 0.25) is 0 Å². The van der Waals surface area contributed by atoms with Crippen LogP contribution in [-0.4, -0.2) is 52.7 Å². The summed E-state index contributed by atoms with van der Waals surface area (Å²) >= 11 is 1.77. The van der Waals surface area contributed by atoms with Crippen molar-refractivity contribution in [3.05, 3.63) is 29.3 Å². The average molecular weight is 453 g/mol. The van der Waals surface area contributed by atoms with Gasteiger partial charge in [0.05, 0.1) is 19.8 Å². The Hall–Kier alpha value is -0.510. The fourth-order valence-corrected chi connectivity index (χ4v) is 2.59. The lowest BCUT2D eigenvalue weighted by molar-refractivity contribution is 0.0733. The Kier molecular flexibility index (Phi) is 13.6. The molecule has 0 unspecified atom stereocenters. The van der Waals surface area contributed by atoms with Gasteiger partial charge in [-0.25, -0.2) is 0 Å². The molecule has 0 radical (unpaired) electrons. The molecule has 7 heteroatoms. The van der Waals surface area contributed by atoms with Crippen LogP contribution in [0, 0.1) is 6.92 Å². The van der Waals surface area contributed by atoms with Crippen molar-refractivity contribution in [2.75, 3.05) is 46.8 Å². The van der Waals surface area contributed by atoms with Gasteiger partial charge in [0.1, 0.15) is 0 Å². The molecular formula is C16H28IN3O2S. The lowest BCUT2D eigenvalue weighted by Crippen LogP contribution is -2.38. The highest BCUT2D eigenvalue weighted by Gasteiger charge is 2.03. The lowest BCUT2D eigenvalue weighted by Gasteiger charge is -2.14. The summed E-state index contributed by atoms with van der Waals surface area (Å²) in [6.07, 6.45) is 2.10. The first kappa shape index (κ1) is 22.5. The summed E-state index contributed by atoms with van der Waals surface area (Å²) < 4.78 is 10.3. The Morgan fingerprint density at radius 3 is 2.65 bits per heavy atom. The van der Waals surface area contributed by atoms with E-state index in [0.29, 0.717) is 26.4 Å². The summed E-state index contributed by atoms with van der Waals surface area (Å²) in [6, 6.07) is 6.51. The highest BCUT2D eigenvalue weighted by molar-refractivity contribution is 14.0. The molecule has 0 saturated heterocycles. The predicted octanol–water partition coefficient (Wildman–Crippen LogP) is 2.66. The minimum atomic E-state index is 0. The minimum absolute atomic E-state index is 0. The van der Waals surface area contributed by atoms with Crippen molar-refractivity contribution in [2.45, 2.75) is 18.4 Å². The second-order valence-electron chi connectivity index (χ2n) is 4.77. The van der Waals surface area contributed by atoms with Gasteiger partial charge in [-0.2, -0.15) is 0 Å². The largest absolute Gasteiger partial charge is 0.382 e. The Labute approximate surface area is 161 Å².